The minimum atomic E-state index is -0.436. The van der Waals surface area contributed by atoms with Crippen molar-refractivity contribution in [1.82, 2.24) is 9.80 Å². The van der Waals surface area contributed by atoms with Crippen molar-refractivity contribution in [3.8, 4) is 0 Å². The van der Waals surface area contributed by atoms with Crippen LogP contribution in [0.1, 0.15) is 39.4 Å². The Labute approximate surface area is 156 Å². The van der Waals surface area contributed by atoms with Gasteiger partial charge in [0.05, 0.1) is 17.2 Å². The van der Waals surface area contributed by atoms with Crippen molar-refractivity contribution in [3.05, 3.63) is 71.5 Å². The molecular weight excluding hydrogens is 344 g/mol. The third-order valence-electron chi connectivity index (χ3n) is 5.00. The van der Waals surface area contributed by atoms with Crippen LogP contribution in [0.3, 0.4) is 0 Å². The third kappa shape index (κ3) is 2.79. The van der Waals surface area contributed by atoms with Gasteiger partial charge in [-0.25, -0.2) is 0 Å². The number of nitrogens with zero attached hydrogens (tertiary/aromatic N) is 2. The molecule has 0 bridgehead atoms. The van der Waals surface area contributed by atoms with Crippen LogP contribution in [-0.2, 0) is 4.79 Å². The molecule has 1 atom stereocenters. The molecule has 0 aliphatic carbocycles. The molecule has 1 aliphatic heterocycles. The largest absolute Gasteiger partial charge is 0.459 e. The number of hydrogen-bond acceptors (Lipinski definition) is 4. The Bertz CT molecular complexity index is 1000. The van der Waals surface area contributed by atoms with Gasteiger partial charge in [0.25, 0.3) is 11.8 Å². The lowest BCUT2D eigenvalue weighted by atomic mass is 10.1. The number of carbonyl (C=O) groups is 3. The van der Waals surface area contributed by atoms with Gasteiger partial charge in [0.1, 0.15) is 17.9 Å². The summed E-state index contributed by atoms with van der Waals surface area (Å²) in [6, 6.07) is 15.8. The zero-order valence-corrected chi connectivity index (χ0v) is 15.0. The molecule has 0 spiro atoms. The zero-order valence-electron chi connectivity index (χ0n) is 15.0. The first-order valence-electron chi connectivity index (χ1n) is 8.66. The Morgan fingerprint density at radius 1 is 1.04 bits per heavy atom. The Hall–Kier alpha value is -3.41. The maximum Gasteiger partial charge on any atom is 0.262 e. The number of rotatable bonds is 4. The number of hydrogen-bond donors (Lipinski definition) is 0. The van der Waals surface area contributed by atoms with Gasteiger partial charge in [0.2, 0.25) is 5.91 Å². The van der Waals surface area contributed by atoms with Crippen LogP contribution < -0.4 is 0 Å². The van der Waals surface area contributed by atoms with Gasteiger partial charge >= 0.3 is 0 Å². The average molecular weight is 362 g/mol. The highest BCUT2D eigenvalue weighted by molar-refractivity contribution is 6.22. The summed E-state index contributed by atoms with van der Waals surface area (Å²) in [7, 11) is 1.64. The van der Waals surface area contributed by atoms with Crippen molar-refractivity contribution in [3.63, 3.8) is 0 Å². The lowest BCUT2D eigenvalue weighted by Gasteiger charge is -2.25. The van der Waals surface area contributed by atoms with E-state index in [1.165, 1.54) is 4.90 Å². The van der Waals surface area contributed by atoms with Crippen LogP contribution in [0, 0.1) is 0 Å². The Morgan fingerprint density at radius 2 is 1.63 bits per heavy atom. The van der Waals surface area contributed by atoms with E-state index in [0.29, 0.717) is 16.9 Å². The van der Waals surface area contributed by atoms with E-state index in [0.717, 1.165) is 15.9 Å². The summed E-state index contributed by atoms with van der Waals surface area (Å²) in [5, 5.41) is 0.959. The second-order valence-corrected chi connectivity index (χ2v) is 6.61. The fourth-order valence-electron chi connectivity index (χ4n) is 3.24. The lowest BCUT2D eigenvalue weighted by molar-refractivity contribution is -0.132. The van der Waals surface area contributed by atoms with E-state index >= 15 is 0 Å². The fourth-order valence-corrected chi connectivity index (χ4v) is 3.24. The number of imide groups is 1. The van der Waals surface area contributed by atoms with Gasteiger partial charge in [-0.1, -0.05) is 30.3 Å². The van der Waals surface area contributed by atoms with E-state index in [4.69, 9.17) is 4.42 Å². The van der Waals surface area contributed by atoms with Gasteiger partial charge < -0.3 is 9.32 Å². The second kappa shape index (κ2) is 6.39. The molecule has 0 radical (unpaired) electrons. The fraction of sp³-hybridized carbons (Fsp3) is 0.190. The molecule has 6 heteroatoms. The minimum Gasteiger partial charge on any atom is -0.459 e. The maximum atomic E-state index is 12.7. The second-order valence-electron chi connectivity index (χ2n) is 6.61. The first kappa shape index (κ1) is 17.0. The van der Waals surface area contributed by atoms with Crippen LogP contribution in [0.15, 0.2) is 59.0 Å². The summed E-state index contributed by atoms with van der Waals surface area (Å²) < 4.78 is 5.82. The highest BCUT2D eigenvalue weighted by atomic mass is 16.3. The topological polar surface area (TPSA) is 70.8 Å². The summed E-state index contributed by atoms with van der Waals surface area (Å²) in [6.07, 6.45) is 0. The predicted octanol–water partition coefficient (Wildman–Crippen LogP) is 3.25. The number of furan rings is 1. The Balaban J connectivity index is 1.51. The van der Waals surface area contributed by atoms with E-state index < -0.39 is 11.8 Å². The summed E-state index contributed by atoms with van der Waals surface area (Å²) in [5.74, 6) is -0.561. The zero-order chi connectivity index (χ0) is 19.1. The number of para-hydroxylation sites is 1. The lowest BCUT2D eigenvalue weighted by Crippen LogP contribution is -2.41. The third-order valence-corrected chi connectivity index (χ3v) is 5.00. The maximum absolute atomic E-state index is 12.7. The van der Waals surface area contributed by atoms with Crippen molar-refractivity contribution in [2.24, 2.45) is 0 Å². The molecule has 27 heavy (non-hydrogen) atoms. The standard InChI is InChI=1S/C21H18N2O4/c1-13(18-11-14-7-3-6-10-17(14)27-18)22(2)19(24)12-23-20(25)15-8-4-5-9-16(15)21(23)26/h3-11,13H,12H2,1-2H3/t13-/m0/s1. The van der Waals surface area contributed by atoms with Gasteiger partial charge in [-0.3, -0.25) is 19.3 Å². The highest BCUT2D eigenvalue weighted by Gasteiger charge is 2.37. The van der Waals surface area contributed by atoms with E-state index in [9.17, 15) is 14.4 Å². The van der Waals surface area contributed by atoms with Crippen LogP contribution in [0.4, 0.5) is 0 Å². The summed E-state index contributed by atoms with van der Waals surface area (Å²) in [6.45, 7) is 1.55. The van der Waals surface area contributed by atoms with Crippen LogP contribution >= 0.6 is 0 Å². The molecule has 6 nitrogen and oxygen atoms in total. The van der Waals surface area contributed by atoms with E-state index in [-0.39, 0.29) is 18.5 Å². The molecule has 0 N–H and O–H groups in total. The molecule has 3 amide bonds. The molecule has 136 valence electrons. The molecule has 1 aliphatic rings. The molecule has 0 saturated heterocycles. The molecule has 3 aromatic rings. The summed E-state index contributed by atoms with van der Waals surface area (Å²) >= 11 is 0. The van der Waals surface area contributed by atoms with Gasteiger partial charge in [-0.05, 0) is 31.2 Å². The molecule has 0 unspecified atom stereocenters. The van der Waals surface area contributed by atoms with Crippen molar-refractivity contribution >= 4 is 28.7 Å². The Kier molecular flexibility index (Phi) is 4.03. The Morgan fingerprint density at radius 3 is 2.26 bits per heavy atom. The number of carbonyl (C=O) groups excluding carboxylic acids is 3. The quantitative estimate of drug-likeness (QED) is 0.668. The van der Waals surface area contributed by atoms with E-state index in [1.807, 2.05) is 37.3 Å². The smallest absolute Gasteiger partial charge is 0.262 e. The SMILES string of the molecule is C[C@@H](c1cc2ccccc2o1)N(C)C(=O)CN1C(=O)c2ccccc2C1=O. The number of amides is 3. The molecular formula is C21H18N2O4. The molecule has 0 saturated carbocycles. The van der Waals surface area contributed by atoms with Gasteiger partial charge in [-0.2, -0.15) is 0 Å². The first-order valence-corrected chi connectivity index (χ1v) is 8.66. The molecule has 2 aromatic carbocycles. The van der Waals surface area contributed by atoms with Gasteiger partial charge in [0, 0.05) is 12.4 Å². The first-order chi connectivity index (χ1) is 13.0. The number of fused-ring (bicyclic) bond motifs is 2. The van der Waals surface area contributed by atoms with Crippen molar-refractivity contribution < 1.29 is 18.8 Å². The summed E-state index contributed by atoms with van der Waals surface area (Å²) in [4.78, 5) is 40.1. The van der Waals surface area contributed by atoms with Crippen molar-refractivity contribution in [2.75, 3.05) is 13.6 Å². The molecule has 1 aromatic heterocycles. The molecule has 2 heterocycles. The summed E-state index contributed by atoms with van der Waals surface area (Å²) in [5.41, 5.74) is 1.42. The number of likely N-dealkylation sites (N-methyl/N-ethyl adjacent to an activating group) is 1. The van der Waals surface area contributed by atoms with Crippen LogP contribution in [-0.4, -0.2) is 41.1 Å². The van der Waals surface area contributed by atoms with Crippen molar-refractivity contribution in [1.29, 1.82) is 0 Å². The predicted molar refractivity (Wildman–Crippen MR) is 99.2 cm³/mol. The number of benzene rings is 2. The molecule has 4 rings (SSSR count). The van der Waals surface area contributed by atoms with Crippen molar-refractivity contribution in [2.45, 2.75) is 13.0 Å². The molecule has 0 fully saturated rings. The normalized spacial score (nSPS) is 14.5. The minimum absolute atomic E-state index is 0.298. The van der Waals surface area contributed by atoms with E-state index in [1.54, 1.807) is 31.3 Å². The van der Waals surface area contributed by atoms with E-state index in [2.05, 4.69) is 0 Å². The van der Waals surface area contributed by atoms with Gasteiger partial charge in [-0.15, -0.1) is 0 Å². The van der Waals surface area contributed by atoms with Crippen LogP contribution in [0.5, 0.6) is 0 Å². The monoisotopic (exact) mass is 362 g/mol. The van der Waals surface area contributed by atoms with Gasteiger partial charge in [0.15, 0.2) is 0 Å². The van der Waals surface area contributed by atoms with Crippen LogP contribution in [0.2, 0.25) is 0 Å². The highest BCUT2D eigenvalue weighted by Crippen LogP contribution is 2.27. The van der Waals surface area contributed by atoms with Crippen LogP contribution in [0.25, 0.3) is 11.0 Å². The average Bonchev–Trinajstić information content (AvgIpc) is 3.22.